The molecule has 1 heterocycles. The Morgan fingerprint density at radius 1 is 1.32 bits per heavy atom. The normalized spacial score (nSPS) is 17.5. The Labute approximate surface area is 131 Å². The van der Waals surface area contributed by atoms with Gasteiger partial charge in [0.25, 0.3) is 0 Å². The number of carbonyl (C=O) groups is 1. The minimum absolute atomic E-state index is 0.126. The van der Waals surface area contributed by atoms with Gasteiger partial charge in [-0.05, 0) is 30.5 Å². The first-order valence-corrected chi connectivity index (χ1v) is 8.01. The van der Waals surface area contributed by atoms with E-state index in [1.165, 1.54) is 12.1 Å². The summed E-state index contributed by atoms with van der Waals surface area (Å²) in [6.45, 7) is 5.27. The van der Waals surface area contributed by atoms with Crippen LogP contribution in [-0.4, -0.2) is 59.6 Å². The van der Waals surface area contributed by atoms with Crippen LogP contribution in [0.3, 0.4) is 0 Å². The maximum Gasteiger partial charge on any atom is 0.222 e. The molecule has 1 aliphatic rings. The summed E-state index contributed by atoms with van der Waals surface area (Å²) >= 11 is 0. The molecule has 0 spiro atoms. The molecule has 122 valence electrons. The van der Waals surface area contributed by atoms with Crippen LogP contribution in [0.2, 0.25) is 0 Å². The van der Waals surface area contributed by atoms with Crippen LogP contribution in [0.5, 0.6) is 0 Å². The molecule has 1 amide bonds. The largest absolute Gasteiger partial charge is 0.395 e. The number of hydrogen-bond acceptors (Lipinski definition) is 3. The summed E-state index contributed by atoms with van der Waals surface area (Å²) in [6, 6.07) is 6.62. The fraction of sp³-hybridized carbons (Fsp3) is 0.588. The third-order valence-electron chi connectivity index (χ3n) is 4.38. The second-order valence-corrected chi connectivity index (χ2v) is 5.79. The van der Waals surface area contributed by atoms with Crippen molar-refractivity contribution in [2.24, 2.45) is 0 Å². The van der Waals surface area contributed by atoms with Crippen molar-refractivity contribution in [3.05, 3.63) is 35.6 Å². The zero-order valence-electron chi connectivity index (χ0n) is 13.2. The van der Waals surface area contributed by atoms with Crippen LogP contribution in [-0.2, 0) is 11.2 Å². The molecular formula is C17H25FN2O2. The fourth-order valence-corrected chi connectivity index (χ4v) is 2.94. The zero-order chi connectivity index (χ0) is 15.9. The summed E-state index contributed by atoms with van der Waals surface area (Å²) in [5.74, 6) is -0.130. The molecule has 1 unspecified atom stereocenters. The monoisotopic (exact) mass is 308 g/mol. The van der Waals surface area contributed by atoms with E-state index in [0.29, 0.717) is 25.9 Å². The van der Waals surface area contributed by atoms with E-state index < -0.39 is 0 Å². The topological polar surface area (TPSA) is 43.8 Å². The van der Waals surface area contributed by atoms with E-state index in [0.717, 1.165) is 25.1 Å². The lowest BCUT2D eigenvalue weighted by Crippen LogP contribution is -2.52. The highest BCUT2D eigenvalue weighted by atomic mass is 19.1. The smallest absolute Gasteiger partial charge is 0.222 e. The van der Waals surface area contributed by atoms with Gasteiger partial charge in [0.1, 0.15) is 5.82 Å². The molecule has 2 rings (SSSR count). The van der Waals surface area contributed by atoms with Crippen LogP contribution in [0.1, 0.15) is 25.3 Å². The molecule has 0 saturated carbocycles. The van der Waals surface area contributed by atoms with Crippen molar-refractivity contribution in [3.63, 3.8) is 0 Å². The Balaban J connectivity index is 1.78. The molecule has 4 nitrogen and oxygen atoms in total. The van der Waals surface area contributed by atoms with Gasteiger partial charge in [-0.2, -0.15) is 0 Å². The highest BCUT2D eigenvalue weighted by Crippen LogP contribution is 2.12. The number of halogens is 1. The number of hydrogen-bond donors (Lipinski definition) is 1. The van der Waals surface area contributed by atoms with E-state index in [2.05, 4.69) is 11.8 Å². The first-order chi connectivity index (χ1) is 10.6. The Bertz CT molecular complexity index is 483. The highest BCUT2D eigenvalue weighted by molar-refractivity contribution is 5.76. The molecule has 1 aromatic carbocycles. The Morgan fingerprint density at radius 3 is 2.64 bits per heavy atom. The lowest BCUT2D eigenvalue weighted by molar-refractivity contribution is -0.133. The summed E-state index contributed by atoms with van der Waals surface area (Å²) in [6.07, 6.45) is 1.91. The van der Waals surface area contributed by atoms with Crippen LogP contribution >= 0.6 is 0 Å². The Morgan fingerprint density at radius 2 is 2.05 bits per heavy atom. The predicted molar refractivity (Wildman–Crippen MR) is 84.0 cm³/mol. The number of rotatable bonds is 6. The predicted octanol–water partition coefficient (Wildman–Crippen LogP) is 1.67. The number of piperazine rings is 1. The molecule has 22 heavy (non-hydrogen) atoms. The minimum atomic E-state index is -0.256. The molecule has 0 aromatic heterocycles. The van der Waals surface area contributed by atoms with Crippen LogP contribution in [0, 0.1) is 5.82 Å². The molecule has 1 saturated heterocycles. The molecule has 1 fully saturated rings. The molecule has 5 heteroatoms. The van der Waals surface area contributed by atoms with Crippen molar-refractivity contribution in [1.82, 2.24) is 9.80 Å². The van der Waals surface area contributed by atoms with E-state index in [-0.39, 0.29) is 24.4 Å². The second kappa shape index (κ2) is 8.25. The number of aliphatic hydroxyl groups is 1. The van der Waals surface area contributed by atoms with E-state index in [4.69, 9.17) is 0 Å². The van der Waals surface area contributed by atoms with Gasteiger partial charge in [-0.15, -0.1) is 0 Å². The highest BCUT2D eigenvalue weighted by Gasteiger charge is 2.24. The van der Waals surface area contributed by atoms with E-state index >= 15 is 0 Å². The third kappa shape index (κ3) is 4.52. The van der Waals surface area contributed by atoms with Crippen molar-refractivity contribution in [1.29, 1.82) is 0 Å². The van der Waals surface area contributed by atoms with E-state index in [9.17, 15) is 14.3 Å². The maximum atomic E-state index is 13.1. The van der Waals surface area contributed by atoms with Gasteiger partial charge in [0.15, 0.2) is 0 Å². The molecule has 1 atom stereocenters. The standard InChI is InChI=1S/C17H25FN2O2/c1-2-16(13-21)19-8-10-20(11-9-19)17(22)7-6-14-4-3-5-15(18)12-14/h3-5,12,16,21H,2,6-11,13H2,1H3. The van der Waals surface area contributed by atoms with E-state index in [1.807, 2.05) is 11.0 Å². The van der Waals surface area contributed by atoms with Crippen LogP contribution in [0.4, 0.5) is 4.39 Å². The molecule has 0 aliphatic carbocycles. The van der Waals surface area contributed by atoms with Crippen LogP contribution < -0.4 is 0 Å². The third-order valence-corrected chi connectivity index (χ3v) is 4.38. The summed E-state index contributed by atoms with van der Waals surface area (Å²) < 4.78 is 13.1. The van der Waals surface area contributed by atoms with Gasteiger partial charge in [-0.1, -0.05) is 19.1 Å². The van der Waals surface area contributed by atoms with Crippen molar-refractivity contribution in [2.75, 3.05) is 32.8 Å². The number of amides is 1. The number of nitrogens with zero attached hydrogens (tertiary/aromatic N) is 2. The quantitative estimate of drug-likeness (QED) is 0.869. The first-order valence-electron chi connectivity index (χ1n) is 8.01. The lowest BCUT2D eigenvalue weighted by atomic mass is 10.1. The minimum Gasteiger partial charge on any atom is -0.395 e. The first kappa shape index (κ1) is 16.9. The van der Waals surface area contributed by atoms with Gasteiger partial charge in [-0.3, -0.25) is 9.69 Å². The summed E-state index contributed by atoms with van der Waals surface area (Å²) in [7, 11) is 0. The van der Waals surface area contributed by atoms with Crippen LogP contribution in [0.25, 0.3) is 0 Å². The second-order valence-electron chi connectivity index (χ2n) is 5.79. The molecule has 0 bridgehead atoms. The molecular weight excluding hydrogens is 283 g/mol. The van der Waals surface area contributed by atoms with Gasteiger partial charge in [0.05, 0.1) is 6.61 Å². The molecule has 0 radical (unpaired) electrons. The van der Waals surface area contributed by atoms with Crippen molar-refractivity contribution >= 4 is 5.91 Å². The van der Waals surface area contributed by atoms with Gasteiger partial charge in [0, 0.05) is 38.6 Å². The van der Waals surface area contributed by atoms with Crippen molar-refractivity contribution in [3.8, 4) is 0 Å². The van der Waals surface area contributed by atoms with Gasteiger partial charge in [0.2, 0.25) is 5.91 Å². The SMILES string of the molecule is CCC(CO)N1CCN(C(=O)CCc2cccc(F)c2)CC1. The van der Waals surface area contributed by atoms with Crippen LogP contribution in [0.15, 0.2) is 24.3 Å². The van der Waals surface area contributed by atoms with Gasteiger partial charge < -0.3 is 10.0 Å². The summed E-state index contributed by atoms with van der Waals surface area (Å²) in [5.41, 5.74) is 0.860. The number of aliphatic hydroxyl groups excluding tert-OH is 1. The number of benzene rings is 1. The van der Waals surface area contributed by atoms with Crippen molar-refractivity contribution < 1.29 is 14.3 Å². The average Bonchev–Trinajstić information content (AvgIpc) is 2.54. The summed E-state index contributed by atoms with van der Waals surface area (Å²) in [5, 5.41) is 9.33. The average molecular weight is 308 g/mol. The maximum absolute atomic E-state index is 13.1. The van der Waals surface area contributed by atoms with Gasteiger partial charge >= 0.3 is 0 Å². The Kier molecular flexibility index (Phi) is 6.34. The summed E-state index contributed by atoms with van der Waals surface area (Å²) in [4.78, 5) is 16.4. The van der Waals surface area contributed by atoms with Gasteiger partial charge in [-0.25, -0.2) is 4.39 Å². The molecule has 1 aliphatic heterocycles. The molecule has 1 aromatic rings. The van der Waals surface area contributed by atoms with E-state index in [1.54, 1.807) is 6.07 Å². The molecule has 1 N–H and O–H groups in total. The zero-order valence-corrected chi connectivity index (χ0v) is 13.2. The lowest BCUT2D eigenvalue weighted by Gasteiger charge is -2.38. The fourth-order valence-electron chi connectivity index (χ4n) is 2.94. The van der Waals surface area contributed by atoms with Crippen molar-refractivity contribution in [2.45, 2.75) is 32.2 Å². The number of carbonyl (C=O) groups excluding carboxylic acids is 1. The Hall–Kier alpha value is -1.46. The number of aryl methyl sites for hydroxylation is 1.